The van der Waals surface area contributed by atoms with E-state index in [9.17, 15) is 79.0 Å². The Bertz CT molecular complexity index is 777. The van der Waals surface area contributed by atoms with Gasteiger partial charge < -0.3 is 9.47 Å². The van der Waals surface area contributed by atoms with Gasteiger partial charge in [0.05, 0.1) is 6.61 Å². The summed E-state index contributed by atoms with van der Waals surface area (Å²) in [6, 6.07) is -4.10. The SMILES string of the molecule is CCCCCCOC(F)(F)C(F)OC(F)(F)C(F)(F)C(F)(F)C(F)(F)C(F)(F)C(F)(F)OC(F)=C(F)F. The van der Waals surface area contributed by atoms with Crippen molar-refractivity contribution in [2.75, 3.05) is 6.61 Å². The lowest BCUT2D eigenvalue weighted by atomic mass is 9.97. The highest BCUT2D eigenvalue weighted by molar-refractivity contribution is 5.09. The molecule has 0 aliphatic carbocycles. The highest BCUT2D eigenvalue weighted by Gasteiger charge is 2.92. The van der Waals surface area contributed by atoms with E-state index in [1.165, 1.54) is 0 Å². The maximum absolute atomic E-state index is 13.5. The largest absolute Gasteiger partial charge is 0.472 e. The number of alkyl halides is 15. The van der Waals surface area contributed by atoms with Gasteiger partial charge in [-0.25, -0.2) is 4.39 Å². The molecule has 0 aromatic rings. The molecule has 0 heterocycles. The zero-order valence-corrected chi connectivity index (χ0v) is 17.6. The van der Waals surface area contributed by atoms with E-state index in [2.05, 4.69) is 9.47 Å². The fourth-order valence-corrected chi connectivity index (χ4v) is 2.05. The lowest BCUT2D eigenvalue weighted by molar-refractivity contribution is -0.491. The molecule has 0 aliphatic rings. The van der Waals surface area contributed by atoms with Crippen LogP contribution < -0.4 is 0 Å². The van der Waals surface area contributed by atoms with E-state index in [-0.39, 0.29) is 12.8 Å². The minimum Gasteiger partial charge on any atom is -0.397 e. The summed E-state index contributed by atoms with van der Waals surface area (Å²) in [4.78, 5) is 0. The molecule has 0 aromatic carbocycles. The van der Waals surface area contributed by atoms with Crippen LogP contribution in [0, 0.1) is 0 Å². The minimum absolute atomic E-state index is 0.125. The minimum atomic E-state index is -8.48. The number of rotatable bonds is 16. The van der Waals surface area contributed by atoms with Crippen molar-refractivity contribution >= 4 is 0 Å². The molecule has 1 unspecified atom stereocenters. The average molecular weight is 596 g/mol. The zero-order chi connectivity index (χ0) is 29.9. The second-order valence-corrected chi connectivity index (χ2v) is 6.87. The molecule has 0 saturated carbocycles. The first-order valence-electron chi connectivity index (χ1n) is 9.27. The van der Waals surface area contributed by atoms with Crippen LogP contribution in [0.3, 0.4) is 0 Å². The van der Waals surface area contributed by atoms with Gasteiger partial charge in [0.2, 0.25) is 0 Å². The summed E-state index contributed by atoms with van der Waals surface area (Å²) < 4.78 is 244. The Morgan fingerprint density at radius 1 is 0.622 bits per heavy atom. The van der Waals surface area contributed by atoms with E-state index < -0.39 is 67.1 Å². The highest BCUT2D eigenvalue weighted by atomic mass is 19.4. The standard InChI is InChI=1S/C16H14F18O3/c1-2-3-4-5-6-35-10(21,22)9(20)37-16(33,34)14(29,30)12(25,26)11(23,24)13(27,28)15(31,32)36-8(19)7(17)18/h9H,2-6H2,1H3. The van der Waals surface area contributed by atoms with Crippen molar-refractivity contribution in [1.82, 2.24) is 0 Å². The summed E-state index contributed by atoms with van der Waals surface area (Å²) in [5.74, 6) is -33.4. The lowest BCUT2D eigenvalue weighted by Crippen LogP contribution is -2.71. The third-order valence-corrected chi connectivity index (χ3v) is 4.09. The van der Waals surface area contributed by atoms with Gasteiger partial charge in [-0.1, -0.05) is 26.2 Å². The Morgan fingerprint density at radius 2 is 1.05 bits per heavy atom. The predicted molar refractivity (Wildman–Crippen MR) is 82.1 cm³/mol. The fourth-order valence-electron chi connectivity index (χ4n) is 2.05. The maximum atomic E-state index is 13.5. The molecular formula is C16H14F18O3. The molecule has 0 spiro atoms. The van der Waals surface area contributed by atoms with Crippen molar-refractivity contribution in [1.29, 1.82) is 0 Å². The average Bonchev–Trinajstić information content (AvgIpc) is 2.71. The first-order chi connectivity index (χ1) is 16.3. The highest BCUT2D eigenvalue weighted by Crippen LogP contribution is 2.61. The smallest absolute Gasteiger partial charge is 0.397 e. The number of hydrogen-bond donors (Lipinski definition) is 0. The van der Waals surface area contributed by atoms with Crippen molar-refractivity contribution in [3.05, 3.63) is 12.1 Å². The molecule has 0 amide bonds. The van der Waals surface area contributed by atoms with Crippen LogP contribution >= 0.6 is 0 Å². The number of halogens is 18. The molecular weight excluding hydrogens is 582 g/mol. The molecule has 0 aliphatic heterocycles. The summed E-state index contributed by atoms with van der Waals surface area (Å²) in [5.41, 5.74) is 0. The van der Waals surface area contributed by atoms with E-state index in [1.54, 1.807) is 11.7 Å². The van der Waals surface area contributed by atoms with Gasteiger partial charge in [0.1, 0.15) is 0 Å². The molecule has 37 heavy (non-hydrogen) atoms. The Labute approximate surface area is 194 Å². The number of ether oxygens (including phenoxy) is 3. The van der Waals surface area contributed by atoms with E-state index in [0.717, 1.165) is 0 Å². The van der Waals surface area contributed by atoms with E-state index in [4.69, 9.17) is 0 Å². The normalized spacial score (nSPS) is 15.5. The topological polar surface area (TPSA) is 27.7 Å². The predicted octanol–water partition coefficient (Wildman–Crippen LogP) is 8.27. The third-order valence-electron chi connectivity index (χ3n) is 4.09. The van der Waals surface area contributed by atoms with Crippen molar-refractivity contribution < 1.29 is 93.2 Å². The summed E-state index contributed by atoms with van der Waals surface area (Å²) in [6.07, 6.45) is -29.3. The van der Waals surface area contributed by atoms with Gasteiger partial charge in [-0.15, -0.1) is 0 Å². The molecule has 0 saturated heterocycles. The van der Waals surface area contributed by atoms with Gasteiger partial charge in [0.25, 0.3) is 6.36 Å². The quantitative estimate of drug-likeness (QED) is 0.102. The van der Waals surface area contributed by atoms with Crippen LogP contribution in [0.15, 0.2) is 12.1 Å². The van der Waals surface area contributed by atoms with Crippen LogP contribution in [0.25, 0.3) is 0 Å². The second-order valence-electron chi connectivity index (χ2n) is 6.87. The van der Waals surface area contributed by atoms with Crippen LogP contribution in [-0.4, -0.2) is 55.0 Å². The van der Waals surface area contributed by atoms with Gasteiger partial charge in [-0.05, 0) is 6.42 Å². The fraction of sp³-hybridized carbons (Fsp3) is 0.875. The molecule has 21 heteroatoms. The van der Waals surface area contributed by atoms with Crippen molar-refractivity contribution in [2.24, 2.45) is 0 Å². The van der Waals surface area contributed by atoms with Crippen molar-refractivity contribution in [3.63, 3.8) is 0 Å². The maximum Gasteiger partial charge on any atom is 0.472 e. The van der Waals surface area contributed by atoms with Gasteiger partial charge in [-0.2, -0.15) is 74.6 Å². The van der Waals surface area contributed by atoms with Gasteiger partial charge >= 0.3 is 54.1 Å². The summed E-state index contributed by atoms with van der Waals surface area (Å²) in [6.45, 7) is 0.463. The first-order valence-corrected chi connectivity index (χ1v) is 9.27. The number of hydrogen-bond acceptors (Lipinski definition) is 3. The summed E-state index contributed by atoms with van der Waals surface area (Å²) >= 11 is 0. The molecule has 0 fully saturated rings. The van der Waals surface area contributed by atoms with Crippen molar-refractivity contribution in [3.8, 4) is 0 Å². The van der Waals surface area contributed by atoms with Gasteiger partial charge in [0, 0.05) is 0 Å². The second kappa shape index (κ2) is 11.5. The zero-order valence-electron chi connectivity index (χ0n) is 17.6. The summed E-state index contributed by atoms with van der Waals surface area (Å²) in [7, 11) is 0. The van der Waals surface area contributed by atoms with E-state index in [0.29, 0.717) is 12.8 Å². The Balaban J connectivity index is 6.06. The molecule has 0 bridgehead atoms. The van der Waals surface area contributed by atoms with Crippen molar-refractivity contribution in [2.45, 2.75) is 81.0 Å². The van der Waals surface area contributed by atoms with Crippen LogP contribution in [0.1, 0.15) is 32.6 Å². The van der Waals surface area contributed by atoms with Gasteiger partial charge in [0.15, 0.2) is 0 Å². The monoisotopic (exact) mass is 596 g/mol. The Kier molecular flexibility index (Phi) is 11.0. The molecule has 0 radical (unpaired) electrons. The Hall–Kier alpha value is -1.80. The van der Waals surface area contributed by atoms with Crippen LogP contribution in [0.5, 0.6) is 0 Å². The Morgan fingerprint density at radius 3 is 1.46 bits per heavy atom. The van der Waals surface area contributed by atoms with Gasteiger partial charge in [-0.3, -0.25) is 4.74 Å². The molecule has 3 nitrogen and oxygen atoms in total. The molecule has 0 aromatic heterocycles. The van der Waals surface area contributed by atoms with Crippen LogP contribution in [-0.2, 0) is 14.2 Å². The molecule has 222 valence electrons. The van der Waals surface area contributed by atoms with Crippen LogP contribution in [0.2, 0.25) is 0 Å². The summed E-state index contributed by atoms with van der Waals surface area (Å²) in [5, 5.41) is 0. The van der Waals surface area contributed by atoms with E-state index >= 15 is 0 Å². The number of unbranched alkanes of at least 4 members (excludes halogenated alkanes) is 3. The van der Waals surface area contributed by atoms with Crippen LogP contribution in [0.4, 0.5) is 79.0 Å². The van der Waals surface area contributed by atoms with E-state index in [1.807, 2.05) is 0 Å². The molecule has 1 atom stereocenters. The molecule has 0 rings (SSSR count). The third kappa shape index (κ3) is 6.99. The lowest BCUT2D eigenvalue weighted by Gasteiger charge is -2.40. The first kappa shape index (κ1) is 35.2. The molecule has 0 N–H and O–H groups in total.